The second-order valence-corrected chi connectivity index (χ2v) is 16.7. The van der Waals surface area contributed by atoms with Crippen molar-refractivity contribution in [2.24, 2.45) is 32.5 Å². The third kappa shape index (κ3) is 21.6. The first-order valence-corrected chi connectivity index (χ1v) is 14.0. The molecule has 6 N–H and O–H groups in total. The Morgan fingerprint density at radius 3 is 0.400 bits per heavy atom. The van der Waals surface area contributed by atoms with Crippen LogP contribution in [0.2, 0.25) is 0 Å². The van der Waals surface area contributed by atoms with E-state index >= 15 is 0 Å². The summed E-state index contributed by atoms with van der Waals surface area (Å²) < 4.78 is 0. The number of hydrogen-bond donors (Lipinski definition) is 0. The topological polar surface area (TPSA) is 128 Å². The van der Waals surface area contributed by atoms with Crippen molar-refractivity contribution in [3.8, 4) is 0 Å². The predicted octanol–water partition coefficient (Wildman–Crippen LogP) is 7.67. The first kappa shape index (κ1) is 45.9. The molecule has 6 nitrogen and oxygen atoms in total. The molecule has 7 heteroatoms. The molecule has 0 fully saturated rings. The second kappa shape index (κ2) is 16.5. The molecule has 0 saturated carbocycles. The molecule has 0 aliphatic rings. The van der Waals surface area contributed by atoms with E-state index in [0.29, 0.717) is 34.7 Å². The molecule has 0 heterocycles. The van der Waals surface area contributed by atoms with E-state index in [1.807, 2.05) is 125 Å². The van der Waals surface area contributed by atoms with Crippen LogP contribution in [0.25, 0.3) is 0 Å². The number of ketones is 6. The quantitative estimate of drug-likeness (QED) is 0.218. The molecule has 0 aromatic rings. The molecule has 0 aliphatic heterocycles. The summed E-state index contributed by atoms with van der Waals surface area (Å²) in [4.78, 5) is 57.9. The van der Waals surface area contributed by atoms with Crippen LogP contribution < -0.4 is 0 Å². The van der Waals surface area contributed by atoms with Gasteiger partial charge in [0, 0.05) is 25.8 Å². The summed E-state index contributed by atoms with van der Waals surface area (Å²) in [6, 6.07) is 0. The predicted molar refractivity (Wildman–Crippen MR) is 172 cm³/mol. The smallest absolute Gasteiger partial charge is 0.282 e. The average molecular weight is 604 g/mol. The van der Waals surface area contributed by atoms with Crippen molar-refractivity contribution >= 4 is 34.7 Å². The van der Waals surface area contributed by atoms with E-state index in [1.165, 1.54) is 0 Å². The van der Waals surface area contributed by atoms with Gasteiger partial charge in [-0.25, -0.2) is 0 Å². The van der Waals surface area contributed by atoms with Crippen molar-refractivity contribution in [2.75, 3.05) is 0 Å². The van der Waals surface area contributed by atoms with Crippen LogP contribution in [0.4, 0.5) is 0 Å². The molecule has 40 heavy (non-hydrogen) atoms. The molecule has 0 saturated heterocycles. The molecule has 0 aromatic heterocycles. The molecule has 0 amide bonds. The summed E-state index contributed by atoms with van der Waals surface area (Å²) in [5.74, 6) is 2.00. The Labute approximate surface area is 264 Å². The summed E-state index contributed by atoms with van der Waals surface area (Å²) in [5, 5.41) is 0. The van der Waals surface area contributed by atoms with E-state index in [2.05, 4.69) is 0 Å². The maximum atomic E-state index is 9.66. The fourth-order valence-electron chi connectivity index (χ4n) is 2.07. The molecule has 0 unspecified atom stereocenters. The maximum absolute atomic E-state index is 9.66. The summed E-state index contributed by atoms with van der Waals surface area (Å²) in [6.07, 6.45) is 0.854. The fraction of sp³-hybridized carbons (Fsp3) is 0.818. The largest absolute Gasteiger partial charge is 0.311 e. The van der Waals surface area contributed by atoms with Crippen molar-refractivity contribution in [1.29, 1.82) is 0 Å². The SMILES string of the molecule is CC(C)(C)C(=[OH+])CC(=[OH+])C(C)(C)C.CC(C)(C)C(=[OH+])CC(=[OH+])C(C)(C)C.CC(C)(C)C(=[OH+])CC(=[OH+])C(C)(C)C.[Sc]. The van der Waals surface area contributed by atoms with Crippen molar-refractivity contribution in [2.45, 2.75) is 144 Å². The van der Waals surface area contributed by atoms with Crippen LogP contribution >= 0.6 is 0 Å². The molecule has 0 aliphatic carbocycles. The summed E-state index contributed by atoms with van der Waals surface area (Å²) in [6.45, 7) is 34.7. The van der Waals surface area contributed by atoms with Crippen LogP contribution in [0, 0.1) is 32.5 Å². The van der Waals surface area contributed by atoms with Gasteiger partial charge in [-0.3, -0.25) is 28.8 Å². The third-order valence-electron chi connectivity index (χ3n) is 6.20. The zero-order chi connectivity index (χ0) is 32.6. The summed E-state index contributed by atoms with van der Waals surface area (Å²) >= 11 is 0. The first-order chi connectivity index (χ1) is 16.6. The van der Waals surface area contributed by atoms with E-state index in [-0.39, 0.29) is 77.6 Å². The molecule has 0 atom stereocenters. The van der Waals surface area contributed by atoms with Gasteiger partial charge in [-0.05, 0) is 125 Å². The van der Waals surface area contributed by atoms with Crippen LogP contribution in [0.15, 0.2) is 0 Å². The van der Waals surface area contributed by atoms with Crippen LogP contribution in [-0.4, -0.2) is 63.5 Å². The third-order valence-corrected chi connectivity index (χ3v) is 6.20. The molecule has 0 rings (SSSR count). The van der Waals surface area contributed by atoms with Crippen molar-refractivity contribution in [3.63, 3.8) is 0 Å². The Morgan fingerprint density at radius 2 is 0.350 bits per heavy atom. The number of carbonyl (C=O) groups excluding carboxylic acids is 6. The summed E-state index contributed by atoms with van der Waals surface area (Å²) in [5.41, 5.74) is -1.50. The number of rotatable bonds is 6. The van der Waals surface area contributed by atoms with Crippen LogP contribution in [0.1, 0.15) is 144 Å². The van der Waals surface area contributed by atoms with Crippen LogP contribution in [0.3, 0.4) is 0 Å². The second-order valence-electron chi connectivity index (χ2n) is 16.7. The number of hydrogen-bond acceptors (Lipinski definition) is 0. The Kier molecular flexibility index (Phi) is 18.9. The Hall–Kier alpha value is -1.11. The minimum atomic E-state index is -0.251. The van der Waals surface area contributed by atoms with E-state index in [4.69, 9.17) is 0 Å². The molecular weight excluding hydrogens is 537 g/mol. The molecule has 1 radical (unpaired) electrons. The van der Waals surface area contributed by atoms with Gasteiger partial charge in [0.2, 0.25) is 0 Å². The van der Waals surface area contributed by atoms with Crippen LogP contribution in [0.5, 0.6) is 0 Å². The van der Waals surface area contributed by atoms with Crippen molar-refractivity contribution in [1.82, 2.24) is 0 Å². The molecule has 0 spiro atoms. The van der Waals surface area contributed by atoms with E-state index in [0.717, 1.165) is 0 Å². The van der Waals surface area contributed by atoms with Gasteiger partial charge in [0.05, 0.1) is 32.5 Å². The zero-order valence-electron chi connectivity index (χ0n) is 29.4. The summed E-state index contributed by atoms with van der Waals surface area (Å²) in [7, 11) is 0. The molecule has 0 bridgehead atoms. The minimum absolute atomic E-state index is 0. The van der Waals surface area contributed by atoms with Gasteiger partial charge < -0.3 is 0 Å². The van der Waals surface area contributed by atoms with Gasteiger partial charge >= 0.3 is 34.7 Å². The van der Waals surface area contributed by atoms with Gasteiger partial charge in [-0.15, -0.1) is 0 Å². The van der Waals surface area contributed by atoms with Gasteiger partial charge in [-0.2, -0.15) is 0 Å². The first-order valence-electron chi connectivity index (χ1n) is 14.0. The van der Waals surface area contributed by atoms with Gasteiger partial charge in [0.25, 0.3) is 0 Å². The van der Waals surface area contributed by atoms with Crippen molar-refractivity contribution in [3.05, 3.63) is 0 Å². The minimum Gasteiger partial charge on any atom is -0.282 e. The Morgan fingerprint density at radius 1 is 0.275 bits per heavy atom. The average Bonchev–Trinajstić information content (AvgIpc) is 2.64. The normalized spacial score (nSPS) is 12.4. The maximum Gasteiger partial charge on any atom is 0.311 e. The van der Waals surface area contributed by atoms with E-state index in [1.54, 1.807) is 0 Å². The zero-order valence-corrected chi connectivity index (χ0v) is 31.2. The monoisotopic (exact) mass is 603 g/mol. The van der Waals surface area contributed by atoms with Gasteiger partial charge in [0.1, 0.15) is 0 Å². The van der Waals surface area contributed by atoms with Gasteiger partial charge in [0.15, 0.2) is 19.3 Å². The molecule has 231 valence electrons. The van der Waals surface area contributed by atoms with Crippen LogP contribution in [-0.2, 0) is 25.8 Å². The molecule has 0 aromatic carbocycles. The Bertz CT molecular complexity index is 693. The fourth-order valence-corrected chi connectivity index (χ4v) is 2.07. The van der Waals surface area contributed by atoms with E-state index < -0.39 is 0 Å². The standard InChI is InChI=1S/3C11H20O2.Sc/c3*1-10(2,3)8(12)7-9(13)11(4,5)6;/h3*7H2,1-6H3;/p+6. The van der Waals surface area contributed by atoms with Gasteiger partial charge in [-0.1, -0.05) is 0 Å². The molecular formula is C33H66O6Sc+6. The Balaban J connectivity index is -0.000000240. The van der Waals surface area contributed by atoms with E-state index in [9.17, 15) is 28.8 Å². The van der Waals surface area contributed by atoms with Crippen molar-refractivity contribution < 1.29 is 54.6 Å².